The number of rotatable bonds is 4. The number of pyridine rings is 1. The molecule has 1 heterocycles. The molecule has 10 heteroatoms. The van der Waals surface area contributed by atoms with Crippen molar-refractivity contribution in [2.45, 2.75) is 18.8 Å². The van der Waals surface area contributed by atoms with Gasteiger partial charge in [-0.25, -0.2) is 9.78 Å². The Morgan fingerprint density at radius 3 is 2.25 bits per heavy atom. The SMILES string of the molecule is O=C(O)c1ccc(C(F)(F)F)nc1OCCC(F)(F)F. The quantitative estimate of drug-likeness (QED) is 0.868. The fourth-order valence-electron chi connectivity index (χ4n) is 1.13. The van der Waals surface area contributed by atoms with Gasteiger partial charge in [0.25, 0.3) is 0 Å². The third-order valence-corrected chi connectivity index (χ3v) is 2.01. The van der Waals surface area contributed by atoms with Crippen molar-refractivity contribution in [2.75, 3.05) is 6.61 Å². The lowest BCUT2D eigenvalue weighted by molar-refractivity contribution is -0.143. The largest absolute Gasteiger partial charge is 0.477 e. The van der Waals surface area contributed by atoms with Gasteiger partial charge in [0.2, 0.25) is 5.88 Å². The Kier molecular flexibility index (Phi) is 4.46. The summed E-state index contributed by atoms with van der Waals surface area (Å²) < 4.78 is 77.2. The smallest absolute Gasteiger partial charge is 0.433 e. The fourth-order valence-corrected chi connectivity index (χ4v) is 1.13. The second kappa shape index (κ2) is 5.55. The van der Waals surface area contributed by atoms with Gasteiger partial charge in [0, 0.05) is 0 Å². The molecule has 0 aliphatic carbocycles. The van der Waals surface area contributed by atoms with E-state index in [1.165, 1.54) is 0 Å². The highest BCUT2D eigenvalue weighted by Gasteiger charge is 2.34. The first kappa shape index (κ1) is 16.1. The van der Waals surface area contributed by atoms with Crippen molar-refractivity contribution in [3.63, 3.8) is 0 Å². The van der Waals surface area contributed by atoms with Crippen LogP contribution in [0.5, 0.6) is 5.88 Å². The average Bonchev–Trinajstić information content (AvgIpc) is 2.25. The zero-order valence-electron chi connectivity index (χ0n) is 9.55. The number of hydrogen-bond donors (Lipinski definition) is 1. The van der Waals surface area contributed by atoms with Crippen molar-refractivity contribution in [1.29, 1.82) is 0 Å². The van der Waals surface area contributed by atoms with E-state index in [1.54, 1.807) is 0 Å². The van der Waals surface area contributed by atoms with Crippen LogP contribution in [0.25, 0.3) is 0 Å². The number of alkyl halides is 6. The molecule has 0 amide bonds. The van der Waals surface area contributed by atoms with Crippen LogP contribution in [0.2, 0.25) is 0 Å². The highest BCUT2D eigenvalue weighted by Crippen LogP contribution is 2.30. The highest BCUT2D eigenvalue weighted by molar-refractivity contribution is 5.90. The van der Waals surface area contributed by atoms with Crippen LogP contribution in [0.15, 0.2) is 12.1 Å². The molecular weight excluding hydrogens is 296 g/mol. The third kappa shape index (κ3) is 4.59. The Hall–Kier alpha value is -2.00. The van der Waals surface area contributed by atoms with Crippen molar-refractivity contribution in [3.05, 3.63) is 23.4 Å². The zero-order valence-corrected chi connectivity index (χ0v) is 9.55. The maximum atomic E-state index is 12.4. The first-order valence-corrected chi connectivity index (χ1v) is 5.02. The number of carboxylic acid groups (broad SMARTS) is 1. The molecule has 0 aliphatic rings. The number of hydrogen-bond acceptors (Lipinski definition) is 3. The third-order valence-electron chi connectivity index (χ3n) is 2.01. The molecule has 0 fully saturated rings. The van der Waals surface area contributed by atoms with Crippen LogP contribution < -0.4 is 4.74 Å². The molecule has 112 valence electrons. The molecule has 1 aromatic heterocycles. The summed E-state index contributed by atoms with van der Waals surface area (Å²) in [7, 11) is 0. The van der Waals surface area contributed by atoms with Gasteiger partial charge < -0.3 is 9.84 Å². The summed E-state index contributed by atoms with van der Waals surface area (Å²) in [6.07, 6.45) is -10.9. The van der Waals surface area contributed by atoms with Crippen LogP contribution >= 0.6 is 0 Å². The molecule has 4 nitrogen and oxygen atoms in total. The number of halogens is 6. The summed E-state index contributed by atoms with van der Waals surface area (Å²) in [5, 5.41) is 8.70. The minimum absolute atomic E-state index is 0.403. The molecule has 20 heavy (non-hydrogen) atoms. The molecule has 1 N–H and O–H groups in total. The van der Waals surface area contributed by atoms with E-state index in [1.807, 2.05) is 0 Å². The van der Waals surface area contributed by atoms with Gasteiger partial charge in [0.15, 0.2) is 0 Å². The lowest BCUT2D eigenvalue weighted by Gasteiger charge is -2.12. The Morgan fingerprint density at radius 1 is 1.20 bits per heavy atom. The second-order valence-electron chi connectivity index (χ2n) is 3.57. The van der Waals surface area contributed by atoms with E-state index in [9.17, 15) is 31.1 Å². The van der Waals surface area contributed by atoms with Crippen molar-refractivity contribution in [3.8, 4) is 5.88 Å². The number of carbonyl (C=O) groups is 1. The van der Waals surface area contributed by atoms with E-state index in [2.05, 4.69) is 9.72 Å². The molecule has 0 saturated heterocycles. The predicted octanol–water partition coefficient (Wildman–Crippen LogP) is 3.13. The van der Waals surface area contributed by atoms with Gasteiger partial charge in [-0.1, -0.05) is 0 Å². The van der Waals surface area contributed by atoms with Crippen LogP contribution in [-0.4, -0.2) is 28.8 Å². The highest BCUT2D eigenvalue weighted by atomic mass is 19.4. The maximum absolute atomic E-state index is 12.4. The molecule has 0 radical (unpaired) electrons. The Bertz CT molecular complexity index is 497. The molecule has 0 bridgehead atoms. The van der Waals surface area contributed by atoms with E-state index < -0.39 is 48.5 Å². The van der Waals surface area contributed by atoms with Gasteiger partial charge in [-0.15, -0.1) is 0 Å². The number of carboxylic acids is 1. The molecule has 1 rings (SSSR count). The van der Waals surface area contributed by atoms with E-state index in [0.717, 1.165) is 0 Å². The molecule has 0 atom stereocenters. The average molecular weight is 303 g/mol. The normalized spacial score (nSPS) is 12.3. The Labute approximate surface area is 108 Å². The molecule has 0 saturated carbocycles. The van der Waals surface area contributed by atoms with Gasteiger partial charge in [0.05, 0.1) is 13.0 Å². The molecule has 1 aromatic rings. The van der Waals surface area contributed by atoms with Crippen LogP contribution in [0, 0.1) is 0 Å². The topological polar surface area (TPSA) is 59.4 Å². The van der Waals surface area contributed by atoms with Crippen LogP contribution in [-0.2, 0) is 6.18 Å². The Balaban J connectivity index is 2.98. The summed E-state index contributed by atoms with van der Waals surface area (Å²) in [5.74, 6) is -2.66. The van der Waals surface area contributed by atoms with Gasteiger partial charge in [-0.3, -0.25) is 0 Å². The minimum Gasteiger partial charge on any atom is -0.477 e. The molecule has 0 unspecified atom stereocenters. The van der Waals surface area contributed by atoms with Crippen LogP contribution in [0.3, 0.4) is 0 Å². The standard InChI is InChI=1S/C10H7F6NO3/c11-9(12,13)3-4-20-7-5(8(18)19)1-2-6(17-7)10(14,15)16/h1-2H,3-4H2,(H,18,19). The van der Waals surface area contributed by atoms with E-state index in [4.69, 9.17) is 5.11 Å². The number of ether oxygens (including phenoxy) is 1. The minimum atomic E-state index is -4.86. The summed E-state index contributed by atoms with van der Waals surface area (Å²) >= 11 is 0. The number of aromatic carboxylic acids is 1. The van der Waals surface area contributed by atoms with Gasteiger partial charge >= 0.3 is 18.3 Å². The Morgan fingerprint density at radius 2 is 1.80 bits per heavy atom. The number of aromatic nitrogens is 1. The van der Waals surface area contributed by atoms with Crippen molar-refractivity contribution < 1.29 is 41.0 Å². The van der Waals surface area contributed by atoms with Crippen molar-refractivity contribution in [1.82, 2.24) is 4.98 Å². The second-order valence-corrected chi connectivity index (χ2v) is 3.57. The summed E-state index contributed by atoms with van der Waals surface area (Å²) in [5.41, 5.74) is -2.20. The van der Waals surface area contributed by atoms with E-state index >= 15 is 0 Å². The van der Waals surface area contributed by atoms with E-state index in [0.29, 0.717) is 12.1 Å². The maximum Gasteiger partial charge on any atom is 0.433 e. The van der Waals surface area contributed by atoms with E-state index in [-0.39, 0.29) is 0 Å². The molecule has 0 aliphatic heterocycles. The zero-order chi connectivity index (χ0) is 15.6. The monoisotopic (exact) mass is 303 g/mol. The molecular formula is C10H7F6NO3. The van der Waals surface area contributed by atoms with Gasteiger partial charge in [-0.2, -0.15) is 26.3 Å². The first-order chi connectivity index (χ1) is 9.00. The number of nitrogens with zero attached hydrogens (tertiary/aromatic N) is 1. The lowest BCUT2D eigenvalue weighted by atomic mass is 10.2. The summed E-state index contributed by atoms with van der Waals surface area (Å²) in [6, 6.07) is 0.973. The fraction of sp³-hybridized carbons (Fsp3) is 0.400. The van der Waals surface area contributed by atoms with Crippen molar-refractivity contribution in [2.24, 2.45) is 0 Å². The molecule has 0 aromatic carbocycles. The van der Waals surface area contributed by atoms with Crippen LogP contribution in [0.1, 0.15) is 22.5 Å². The first-order valence-electron chi connectivity index (χ1n) is 5.02. The van der Waals surface area contributed by atoms with Crippen LogP contribution in [0.4, 0.5) is 26.3 Å². The molecule has 0 spiro atoms. The summed E-state index contributed by atoms with van der Waals surface area (Å²) in [4.78, 5) is 13.6. The summed E-state index contributed by atoms with van der Waals surface area (Å²) in [6.45, 7) is -1.03. The van der Waals surface area contributed by atoms with Crippen molar-refractivity contribution >= 4 is 5.97 Å². The predicted molar refractivity (Wildman–Crippen MR) is 52.4 cm³/mol. The lowest BCUT2D eigenvalue weighted by Crippen LogP contribution is -2.16. The van der Waals surface area contributed by atoms with Gasteiger partial charge in [0.1, 0.15) is 11.3 Å². The van der Waals surface area contributed by atoms with Gasteiger partial charge in [-0.05, 0) is 12.1 Å².